The van der Waals surface area contributed by atoms with Crippen LogP contribution in [0.15, 0.2) is 29.4 Å². The standard InChI is InChI=1S/C12H13N5O3S/c1-7(12-13-6-14-16-12)17-21(19,20)9-2-3-10-8(4-9)5-11(18)15-10/h2-4,6-7,17H,5H2,1H3,(H,15,18)(H,13,14,16). The molecule has 0 saturated carbocycles. The average Bonchev–Trinajstić information content (AvgIpc) is 3.04. The van der Waals surface area contributed by atoms with Gasteiger partial charge in [-0.3, -0.25) is 9.89 Å². The van der Waals surface area contributed by atoms with E-state index in [1.807, 2.05) is 0 Å². The molecule has 2 heterocycles. The Morgan fingerprint density at radius 2 is 2.19 bits per heavy atom. The van der Waals surface area contributed by atoms with E-state index in [2.05, 4.69) is 25.2 Å². The van der Waals surface area contributed by atoms with Crippen LogP contribution in [0.2, 0.25) is 0 Å². The van der Waals surface area contributed by atoms with Gasteiger partial charge in [0, 0.05) is 5.69 Å². The first-order valence-electron chi connectivity index (χ1n) is 6.26. The minimum atomic E-state index is -3.70. The van der Waals surface area contributed by atoms with Crippen LogP contribution in [0.4, 0.5) is 5.69 Å². The summed E-state index contributed by atoms with van der Waals surface area (Å²) in [6.45, 7) is 1.66. The molecule has 0 saturated heterocycles. The van der Waals surface area contributed by atoms with Crippen molar-refractivity contribution < 1.29 is 13.2 Å². The van der Waals surface area contributed by atoms with Gasteiger partial charge in [-0.15, -0.1) is 0 Å². The second kappa shape index (κ2) is 4.93. The van der Waals surface area contributed by atoms with Crippen LogP contribution in [0.5, 0.6) is 0 Å². The van der Waals surface area contributed by atoms with Gasteiger partial charge in [0.2, 0.25) is 15.9 Å². The van der Waals surface area contributed by atoms with Gasteiger partial charge in [0.15, 0.2) is 0 Å². The summed E-state index contributed by atoms with van der Waals surface area (Å²) in [5, 5.41) is 8.96. The predicted molar refractivity (Wildman–Crippen MR) is 73.9 cm³/mol. The fourth-order valence-corrected chi connectivity index (χ4v) is 3.41. The van der Waals surface area contributed by atoms with E-state index < -0.39 is 16.1 Å². The number of carbonyl (C=O) groups excluding carboxylic acids is 1. The maximum absolute atomic E-state index is 12.3. The first-order chi connectivity index (χ1) is 9.95. The molecule has 0 aliphatic carbocycles. The monoisotopic (exact) mass is 307 g/mol. The van der Waals surface area contributed by atoms with Gasteiger partial charge in [-0.25, -0.2) is 18.1 Å². The molecule has 110 valence electrons. The molecule has 1 amide bonds. The van der Waals surface area contributed by atoms with E-state index in [1.165, 1.54) is 18.5 Å². The number of benzene rings is 1. The van der Waals surface area contributed by atoms with Crippen molar-refractivity contribution >= 4 is 21.6 Å². The zero-order valence-electron chi connectivity index (χ0n) is 11.1. The van der Waals surface area contributed by atoms with E-state index in [-0.39, 0.29) is 17.2 Å². The van der Waals surface area contributed by atoms with Crippen LogP contribution in [0.25, 0.3) is 0 Å². The zero-order valence-corrected chi connectivity index (χ0v) is 11.9. The Morgan fingerprint density at radius 1 is 1.38 bits per heavy atom. The Kier molecular flexibility index (Phi) is 3.22. The summed E-state index contributed by atoms with van der Waals surface area (Å²) in [4.78, 5) is 15.3. The third-order valence-corrected chi connectivity index (χ3v) is 4.73. The highest BCUT2D eigenvalue weighted by Crippen LogP contribution is 2.26. The summed E-state index contributed by atoms with van der Waals surface area (Å²) in [5.41, 5.74) is 1.33. The smallest absolute Gasteiger partial charge is 0.241 e. The molecule has 3 N–H and O–H groups in total. The molecule has 0 spiro atoms. The van der Waals surface area contributed by atoms with E-state index in [4.69, 9.17) is 0 Å². The number of nitrogens with zero attached hydrogens (tertiary/aromatic N) is 2. The number of aromatic amines is 1. The van der Waals surface area contributed by atoms with Crippen molar-refractivity contribution in [3.05, 3.63) is 35.9 Å². The van der Waals surface area contributed by atoms with Crippen LogP contribution >= 0.6 is 0 Å². The third-order valence-electron chi connectivity index (χ3n) is 3.19. The number of hydrogen-bond donors (Lipinski definition) is 3. The largest absolute Gasteiger partial charge is 0.326 e. The molecule has 1 aromatic carbocycles. The van der Waals surface area contributed by atoms with E-state index in [1.54, 1.807) is 13.0 Å². The number of rotatable bonds is 4. The minimum Gasteiger partial charge on any atom is -0.326 e. The Morgan fingerprint density at radius 3 is 2.90 bits per heavy atom. The lowest BCUT2D eigenvalue weighted by Gasteiger charge is -2.12. The highest BCUT2D eigenvalue weighted by molar-refractivity contribution is 7.89. The van der Waals surface area contributed by atoms with Crippen LogP contribution in [0, 0.1) is 0 Å². The highest BCUT2D eigenvalue weighted by Gasteiger charge is 2.24. The van der Waals surface area contributed by atoms with Gasteiger partial charge in [-0.05, 0) is 30.7 Å². The lowest BCUT2D eigenvalue weighted by atomic mass is 10.2. The Bertz CT molecular complexity index is 785. The molecule has 0 fully saturated rings. The summed E-state index contributed by atoms with van der Waals surface area (Å²) >= 11 is 0. The maximum Gasteiger partial charge on any atom is 0.241 e. The third kappa shape index (κ3) is 2.65. The van der Waals surface area contributed by atoms with Crippen molar-refractivity contribution in [3.63, 3.8) is 0 Å². The van der Waals surface area contributed by atoms with Crippen molar-refractivity contribution in [1.82, 2.24) is 19.9 Å². The second-order valence-electron chi connectivity index (χ2n) is 4.76. The topological polar surface area (TPSA) is 117 Å². The van der Waals surface area contributed by atoms with Crippen LogP contribution in [0.3, 0.4) is 0 Å². The van der Waals surface area contributed by atoms with Crippen molar-refractivity contribution in [2.75, 3.05) is 5.32 Å². The number of anilines is 1. The summed E-state index contributed by atoms with van der Waals surface area (Å²) in [6.07, 6.45) is 1.50. The Labute approximate surface area is 121 Å². The van der Waals surface area contributed by atoms with E-state index in [0.717, 1.165) is 0 Å². The number of sulfonamides is 1. The summed E-state index contributed by atoms with van der Waals surface area (Å²) < 4.78 is 27.2. The first kappa shape index (κ1) is 13.7. The number of H-pyrrole nitrogens is 1. The minimum absolute atomic E-state index is 0.115. The van der Waals surface area contributed by atoms with Gasteiger partial charge in [0.05, 0.1) is 17.4 Å². The molecule has 1 atom stereocenters. The molecule has 21 heavy (non-hydrogen) atoms. The molecule has 1 aliphatic rings. The first-order valence-corrected chi connectivity index (χ1v) is 7.74. The Hall–Kier alpha value is -2.26. The molecule has 0 radical (unpaired) electrons. The van der Waals surface area contributed by atoms with Crippen LogP contribution in [-0.4, -0.2) is 29.5 Å². The van der Waals surface area contributed by atoms with Crippen molar-refractivity contribution in [2.45, 2.75) is 24.3 Å². The fourth-order valence-electron chi connectivity index (χ4n) is 2.15. The number of nitrogens with one attached hydrogen (secondary N) is 3. The van der Waals surface area contributed by atoms with Crippen molar-refractivity contribution in [1.29, 1.82) is 0 Å². The molecular formula is C12H13N5O3S. The molecule has 9 heteroatoms. The molecule has 2 aromatic rings. The Balaban J connectivity index is 1.86. The summed E-state index contributed by atoms with van der Waals surface area (Å²) in [5.74, 6) is 0.291. The second-order valence-corrected chi connectivity index (χ2v) is 6.47. The van der Waals surface area contributed by atoms with Gasteiger partial charge in [-0.2, -0.15) is 5.10 Å². The molecule has 1 aromatic heterocycles. The summed E-state index contributed by atoms with van der Waals surface area (Å²) in [6, 6.07) is 4.02. The lowest BCUT2D eigenvalue weighted by Crippen LogP contribution is -2.27. The van der Waals surface area contributed by atoms with E-state index in [0.29, 0.717) is 17.1 Å². The maximum atomic E-state index is 12.3. The van der Waals surface area contributed by atoms with Crippen LogP contribution in [0.1, 0.15) is 24.4 Å². The zero-order chi connectivity index (χ0) is 15.0. The van der Waals surface area contributed by atoms with E-state index in [9.17, 15) is 13.2 Å². The SMILES string of the molecule is CC(NS(=O)(=O)c1ccc2c(c1)CC(=O)N2)c1ncn[nH]1. The lowest BCUT2D eigenvalue weighted by molar-refractivity contribution is -0.115. The average molecular weight is 307 g/mol. The molecule has 3 rings (SSSR count). The van der Waals surface area contributed by atoms with Gasteiger partial charge >= 0.3 is 0 Å². The molecule has 8 nitrogen and oxygen atoms in total. The predicted octanol–water partition coefficient (Wildman–Crippen LogP) is 0.339. The summed E-state index contributed by atoms with van der Waals surface area (Å²) in [7, 11) is -3.70. The van der Waals surface area contributed by atoms with Crippen molar-refractivity contribution in [3.8, 4) is 0 Å². The van der Waals surface area contributed by atoms with Crippen LogP contribution in [-0.2, 0) is 21.2 Å². The fraction of sp³-hybridized carbons (Fsp3) is 0.250. The molecule has 1 aliphatic heterocycles. The van der Waals surface area contributed by atoms with Gasteiger partial charge in [-0.1, -0.05) is 0 Å². The van der Waals surface area contributed by atoms with Gasteiger partial charge in [0.1, 0.15) is 12.2 Å². The number of amides is 1. The number of carbonyl (C=O) groups is 1. The van der Waals surface area contributed by atoms with Crippen LogP contribution < -0.4 is 10.0 Å². The van der Waals surface area contributed by atoms with Gasteiger partial charge < -0.3 is 5.32 Å². The number of hydrogen-bond acceptors (Lipinski definition) is 5. The van der Waals surface area contributed by atoms with Gasteiger partial charge in [0.25, 0.3) is 0 Å². The quantitative estimate of drug-likeness (QED) is 0.753. The molecule has 0 bridgehead atoms. The normalized spacial score (nSPS) is 15.6. The van der Waals surface area contributed by atoms with E-state index >= 15 is 0 Å². The number of fused-ring (bicyclic) bond motifs is 1. The molecule has 1 unspecified atom stereocenters. The number of aromatic nitrogens is 3. The highest BCUT2D eigenvalue weighted by atomic mass is 32.2. The molecular weight excluding hydrogens is 294 g/mol. The van der Waals surface area contributed by atoms with Crippen molar-refractivity contribution in [2.24, 2.45) is 0 Å².